The fourth-order valence-electron chi connectivity index (χ4n) is 2.10. The van der Waals surface area contributed by atoms with E-state index in [-0.39, 0.29) is 5.41 Å². The fraction of sp³-hybridized carbons (Fsp3) is 0.769. The molecule has 0 radical (unpaired) electrons. The molecule has 0 spiro atoms. The minimum absolute atomic E-state index is 0.118. The Morgan fingerprint density at radius 1 is 1.44 bits per heavy atom. The summed E-state index contributed by atoms with van der Waals surface area (Å²) in [5.74, 6) is 0. The maximum absolute atomic E-state index is 6.34. The lowest BCUT2D eigenvalue weighted by atomic mass is 9.93. The number of hydrogen-bond donors (Lipinski definition) is 1. The second-order valence-corrected chi connectivity index (χ2v) is 6.10. The van der Waals surface area contributed by atoms with Gasteiger partial charge in [0.05, 0.1) is 16.4 Å². The Morgan fingerprint density at radius 3 is 2.50 bits per heavy atom. The zero-order chi connectivity index (χ0) is 13.9. The van der Waals surface area contributed by atoms with Crippen molar-refractivity contribution in [3.63, 3.8) is 0 Å². The van der Waals surface area contributed by atoms with Crippen LogP contribution in [0, 0.1) is 5.41 Å². The average Bonchev–Trinajstić information content (AvgIpc) is 2.56. The Balaban J connectivity index is 2.76. The lowest BCUT2D eigenvalue weighted by molar-refractivity contribution is 0.206. The van der Waals surface area contributed by atoms with Crippen LogP contribution in [0.25, 0.3) is 0 Å². The van der Waals surface area contributed by atoms with Crippen LogP contribution >= 0.6 is 11.6 Å². The lowest BCUT2D eigenvalue weighted by Crippen LogP contribution is -2.36. The second-order valence-electron chi connectivity index (χ2n) is 5.73. The molecule has 0 unspecified atom stereocenters. The second kappa shape index (κ2) is 6.04. The monoisotopic (exact) mass is 272 g/mol. The van der Waals surface area contributed by atoms with E-state index in [2.05, 4.69) is 37.8 Å². The van der Waals surface area contributed by atoms with Gasteiger partial charge in [0.2, 0.25) is 0 Å². The highest BCUT2D eigenvalue weighted by molar-refractivity contribution is 6.31. The highest BCUT2D eigenvalue weighted by atomic mass is 35.5. The molecule has 2 N–H and O–H groups in total. The molecular weight excluding hydrogens is 248 g/mol. The molecule has 0 amide bonds. The molecule has 0 fully saturated rings. The third kappa shape index (κ3) is 3.70. The Bertz CT molecular complexity index is 398. The molecule has 0 saturated heterocycles. The summed E-state index contributed by atoms with van der Waals surface area (Å²) in [5.41, 5.74) is 7.93. The van der Waals surface area contributed by atoms with Gasteiger partial charge in [0, 0.05) is 20.1 Å². The summed E-state index contributed by atoms with van der Waals surface area (Å²) < 4.78 is 1.88. The first-order chi connectivity index (χ1) is 8.30. The normalized spacial score (nSPS) is 12.4. The molecule has 0 aliphatic heterocycles. The van der Waals surface area contributed by atoms with Crippen molar-refractivity contribution in [3.05, 3.63) is 16.4 Å². The van der Waals surface area contributed by atoms with Gasteiger partial charge >= 0.3 is 0 Å². The van der Waals surface area contributed by atoms with Crippen LogP contribution in [0.1, 0.15) is 32.2 Å². The summed E-state index contributed by atoms with van der Waals surface area (Å²) in [4.78, 5) is 2.25. The predicted octanol–water partition coefficient (Wildman–Crippen LogP) is 2.05. The zero-order valence-corrected chi connectivity index (χ0v) is 12.9. The summed E-state index contributed by atoms with van der Waals surface area (Å²) in [7, 11) is 4.04. The van der Waals surface area contributed by atoms with E-state index < -0.39 is 0 Å². The van der Waals surface area contributed by atoms with Gasteiger partial charge in [-0.25, -0.2) is 0 Å². The highest BCUT2D eigenvalue weighted by Gasteiger charge is 2.20. The van der Waals surface area contributed by atoms with Crippen molar-refractivity contribution in [2.75, 3.05) is 20.1 Å². The maximum Gasteiger partial charge on any atom is 0.0863 e. The van der Waals surface area contributed by atoms with Gasteiger partial charge in [0.1, 0.15) is 0 Å². The number of aryl methyl sites for hydroxylation is 2. The fourth-order valence-corrected chi connectivity index (χ4v) is 2.45. The Labute approximate surface area is 115 Å². The van der Waals surface area contributed by atoms with Crippen LogP contribution < -0.4 is 5.73 Å². The molecule has 5 heteroatoms. The molecule has 1 heterocycles. The van der Waals surface area contributed by atoms with Gasteiger partial charge in [0.25, 0.3) is 0 Å². The van der Waals surface area contributed by atoms with Gasteiger partial charge in [-0.3, -0.25) is 9.58 Å². The van der Waals surface area contributed by atoms with Gasteiger partial charge in [-0.2, -0.15) is 5.10 Å². The third-order valence-electron chi connectivity index (χ3n) is 3.17. The first kappa shape index (κ1) is 15.5. The van der Waals surface area contributed by atoms with Crippen molar-refractivity contribution in [2.45, 2.75) is 33.7 Å². The molecule has 0 bridgehead atoms. The van der Waals surface area contributed by atoms with E-state index in [1.54, 1.807) is 0 Å². The van der Waals surface area contributed by atoms with E-state index in [0.29, 0.717) is 6.54 Å². The molecule has 0 aliphatic rings. The molecule has 0 aromatic carbocycles. The molecule has 1 rings (SSSR count). The zero-order valence-electron chi connectivity index (χ0n) is 12.1. The van der Waals surface area contributed by atoms with Gasteiger partial charge in [0.15, 0.2) is 0 Å². The van der Waals surface area contributed by atoms with Crippen molar-refractivity contribution in [3.8, 4) is 0 Å². The van der Waals surface area contributed by atoms with Crippen LogP contribution in [0.15, 0.2) is 0 Å². The molecule has 0 saturated carbocycles. The summed E-state index contributed by atoms with van der Waals surface area (Å²) in [6.45, 7) is 8.83. The largest absolute Gasteiger partial charge is 0.330 e. The molecule has 4 nitrogen and oxygen atoms in total. The molecule has 0 aliphatic carbocycles. The molecule has 1 aromatic heterocycles. The molecule has 18 heavy (non-hydrogen) atoms. The minimum Gasteiger partial charge on any atom is -0.330 e. The van der Waals surface area contributed by atoms with Crippen LogP contribution in [0.5, 0.6) is 0 Å². The van der Waals surface area contributed by atoms with Gasteiger partial charge in [-0.15, -0.1) is 0 Å². The molecule has 0 atom stereocenters. The van der Waals surface area contributed by atoms with Crippen molar-refractivity contribution in [2.24, 2.45) is 18.2 Å². The van der Waals surface area contributed by atoms with Gasteiger partial charge in [-0.05, 0) is 25.4 Å². The smallest absolute Gasteiger partial charge is 0.0863 e. The number of nitrogens with two attached hydrogens (primary N) is 1. The Morgan fingerprint density at radius 2 is 2.06 bits per heavy atom. The molecular formula is C13H25ClN4. The number of halogens is 1. The van der Waals surface area contributed by atoms with E-state index in [4.69, 9.17) is 17.3 Å². The van der Waals surface area contributed by atoms with E-state index >= 15 is 0 Å². The third-order valence-corrected chi connectivity index (χ3v) is 3.61. The van der Waals surface area contributed by atoms with Crippen LogP contribution in [0.2, 0.25) is 5.02 Å². The van der Waals surface area contributed by atoms with E-state index in [9.17, 15) is 0 Å². The maximum atomic E-state index is 6.34. The number of aromatic nitrogens is 2. The summed E-state index contributed by atoms with van der Waals surface area (Å²) in [6, 6.07) is 0. The molecule has 104 valence electrons. The Hall–Kier alpha value is -0.580. The lowest BCUT2D eigenvalue weighted by Gasteiger charge is -2.29. The quantitative estimate of drug-likeness (QED) is 0.862. The van der Waals surface area contributed by atoms with Crippen molar-refractivity contribution in [1.82, 2.24) is 14.7 Å². The Kier molecular flexibility index (Phi) is 5.20. The molecule has 1 aromatic rings. The van der Waals surface area contributed by atoms with Crippen molar-refractivity contribution < 1.29 is 0 Å². The SMILES string of the molecule is CCc1nn(C)c(CN(C)CC(C)(C)CN)c1Cl. The summed E-state index contributed by atoms with van der Waals surface area (Å²) in [6.07, 6.45) is 0.866. The van der Waals surface area contributed by atoms with Crippen LogP contribution in [0.3, 0.4) is 0 Å². The van der Waals surface area contributed by atoms with Crippen molar-refractivity contribution in [1.29, 1.82) is 0 Å². The van der Waals surface area contributed by atoms with Crippen molar-refractivity contribution >= 4 is 11.6 Å². The van der Waals surface area contributed by atoms with Gasteiger partial charge in [-0.1, -0.05) is 32.4 Å². The predicted molar refractivity (Wildman–Crippen MR) is 76.8 cm³/mol. The first-order valence-electron chi connectivity index (χ1n) is 6.39. The number of nitrogens with zero attached hydrogens (tertiary/aromatic N) is 3. The standard InChI is InChI=1S/C13H25ClN4/c1-6-10-12(14)11(18(5)16-10)7-17(4)9-13(2,3)8-15/h6-9,15H2,1-5H3. The van der Waals surface area contributed by atoms with Crippen LogP contribution in [-0.4, -0.2) is 34.8 Å². The first-order valence-corrected chi connectivity index (χ1v) is 6.77. The van der Waals surface area contributed by atoms with Crippen LogP contribution in [0.4, 0.5) is 0 Å². The number of rotatable bonds is 6. The van der Waals surface area contributed by atoms with E-state index in [0.717, 1.165) is 35.9 Å². The topological polar surface area (TPSA) is 47.1 Å². The average molecular weight is 273 g/mol. The summed E-state index contributed by atoms with van der Waals surface area (Å²) >= 11 is 6.34. The van der Waals surface area contributed by atoms with Crippen LogP contribution in [-0.2, 0) is 20.0 Å². The highest BCUT2D eigenvalue weighted by Crippen LogP contribution is 2.23. The number of hydrogen-bond acceptors (Lipinski definition) is 3. The van der Waals surface area contributed by atoms with E-state index in [1.807, 2.05) is 11.7 Å². The summed E-state index contributed by atoms with van der Waals surface area (Å²) in [5, 5.41) is 5.23. The van der Waals surface area contributed by atoms with E-state index in [1.165, 1.54) is 0 Å². The van der Waals surface area contributed by atoms with Gasteiger partial charge < -0.3 is 5.73 Å². The minimum atomic E-state index is 0.118.